The number of thioether (sulfide) groups is 1. The van der Waals surface area contributed by atoms with Crippen molar-refractivity contribution >= 4 is 23.2 Å². The molecule has 0 aromatic carbocycles. The van der Waals surface area contributed by atoms with Crippen LogP contribution < -0.4 is 5.32 Å². The average Bonchev–Trinajstić information content (AvgIpc) is 2.78. The molecule has 1 heterocycles. The molecule has 0 atom stereocenters. The van der Waals surface area contributed by atoms with Crippen LogP contribution in [0.15, 0.2) is 12.3 Å². The number of nitrogens with zero attached hydrogens (tertiary/aromatic N) is 2. The summed E-state index contributed by atoms with van der Waals surface area (Å²) in [6, 6.07) is 2.36. The summed E-state index contributed by atoms with van der Waals surface area (Å²) in [6.07, 6.45) is 2.07. The molecule has 0 saturated carbocycles. The minimum atomic E-state index is 0.0296. The van der Waals surface area contributed by atoms with Crippen LogP contribution in [0.5, 0.6) is 0 Å². The van der Waals surface area contributed by atoms with Gasteiger partial charge in [-0.2, -0.15) is 11.8 Å². The molecule has 0 bridgehead atoms. The molecule has 0 amide bonds. The largest absolute Gasteiger partial charge is 0.382 e. The lowest BCUT2D eigenvalue weighted by atomic mass is 10.1. The van der Waals surface area contributed by atoms with Crippen LogP contribution in [0.4, 0.5) is 5.69 Å². The molecule has 5 heteroatoms. The van der Waals surface area contributed by atoms with Gasteiger partial charge in [0.05, 0.1) is 11.4 Å². The van der Waals surface area contributed by atoms with Crippen LogP contribution in [0, 0.1) is 5.92 Å². The van der Waals surface area contributed by atoms with Crippen molar-refractivity contribution in [1.29, 1.82) is 0 Å². The maximum absolute atomic E-state index is 12.4. The van der Waals surface area contributed by atoms with E-state index in [1.807, 2.05) is 31.7 Å². The third-order valence-corrected chi connectivity index (χ3v) is 4.23. The van der Waals surface area contributed by atoms with E-state index in [2.05, 4.69) is 48.9 Å². The van der Waals surface area contributed by atoms with Gasteiger partial charge in [0, 0.05) is 42.8 Å². The monoisotopic (exact) mass is 325 g/mol. The van der Waals surface area contributed by atoms with Crippen molar-refractivity contribution in [2.75, 3.05) is 37.5 Å². The fraction of sp³-hybridized carbons (Fsp3) is 0.706. The van der Waals surface area contributed by atoms with E-state index in [1.54, 1.807) is 0 Å². The van der Waals surface area contributed by atoms with E-state index in [0.29, 0.717) is 6.04 Å². The standard InChI is InChI=1S/C17H31N3OS/c1-13(2)17(21)16-11-15(18-14(3)4)12-20(16)8-10-22-9-7-19(5)6/h11-14,18H,7-10H2,1-6H3. The number of carbonyl (C=O) groups excluding carboxylic acids is 1. The number of rotatable bonds is 10. The Morgan fingerprint density at radius 3 is 2.50 bits per heavy atom. The lowest BCUT2D eigenvalue weighted by molar-refractivity contribution is 0.0930. The zero-order valence-electron chi connectivity index (χ0n) is 14.8. The molecule has 0 aliphatic carbocycles. The fourth-order valence-electron chi connectivity index (χ4n) is 2.12. The van der Waals surface area contributed by atoms with E-state index >= 15 is 0 Å². The van der Waals surface area contributed by atoms with Crippen LogP contribution in [-0.2, 0) is 6.54 Å². The zero-order valence-corrected chi connectivity index (χ0v) is 15.7. The van der Waals surface area contributed by atoms with Crippen LogP contribution >= 0.6 is 11.8 Å². The van der Waals surface area contributed by atoms with E-state index < -0.39 is 0 Å². The number of aromatic nitrogens is 1. The van der Waals surface area contributed by atoms with Crippen LogP contribution in [0.2, 0.25) is 0 Å². The molecule has 0 fully saturated rings. The van der Waals surface area contributed by atoms with Crippen molar-refractivity contribution < 1.29 is 4.79 Å². The maximum Gasteiger partial charge on any atom is 0.181 e. The van der Waals surface area contributed by atoms with Crippen LogP contribution in [-0.4, -0.2) is 53.4 Å². The smallest absolute Gasteiger partial charge is 0.181 e. The van der Waals surface area contributed by atoms with Gasteiger partial charge in [0.2, 0.25) is 0 Å². The van der Waals surface area contributed by atoms with Crippen molar-refractivity contribution in [3.8, 4) is 0 Å². The van der Waals surface area contributed by atoms with Crippen LogP contribution in [0.3, 0.4) is 0 Å². The highest BCUT2D eigenvalue weighted by atomic mass is 32.2. The normalized spacial score (nSPS) is 11.7. The first-order valence-electron chi connectivity index (χ1n) is 8.04. The van der Waals surface area contributed by atoms with Gasteiger partial charge in [0.15, 0.2) is 5.78 Å². The van der Waals surface area contributed by atoms with Gasteiger partial charge in [-0.05, 0) is 34.0 Å². The highest BCUT2D eigenvalue weighted by Gasteiger charge is 2.17. The van der Waals surface area contributed by atoms with Gasteiger partial charge >= 0.3 is 0 Å². The Morgan fingerprint density at radius 1 is 1.27 bits per heavy atom. The van der Waals surface area contributed by atoms with Gasteiger partial charge < -0.3 is 14.8 Å². The van der Waals surface area contributed by atoms with Crippen molar-refractivity contribution in [1.82, 2.24) is 9.47 Å². The fourth-order valence-corrected chi connectivity index (χ4v) is 3.15. The number of hydrogen-bond acceptors (Lipinski definition) is 4. The molecule has 4 nitrogen and oxygen atoms in total. The maximum atomic E-state index is 12.4. The number of nitrogens with one attached hydrogen (secondary N) is 1. The molecule has 22 heavy (non-hydrogen) atoms. The van der Waals surface area contributed by atoms with Gasteiger partial charge in [-0.1, -0.05) is 13.8 Å². The second-order valence-electron chi connectivity index (χ2n) is 6.54. The number of aryl methyl sites for hydroxylation is 1. The predicted octanol–water partition coefficient (Wildman–Crippen LogP) is 3.44. The average molecular weight is 326 g/mol. The first-order valence-corrected chi connectivity index (χ1v) is 9.20. The van der Waals surface area contributed by atoms with Gasteiger partial charge in [0.25, 0.3) is 0 Å². The van der Waals surface area contributed by atoms with E-state index in [-0.39, 0.29) is 11.7 Å². The Kier molecular flexibility index (Phi) is 8.04. The van der Waals surface area contributed by atoms with Crippen LogP contribution in [0.25, 0.3) is 0 Å². The summed E-state index contributed by atoms with van der Waals surface area (Å²) >= 11 is 1.93. The Labute approximate surface area is 139 Å². The first-order chi connectivity index (χ1) is 10.3. The molecule has 1 aromatic heterocycles. The number of anilines is 1. The zero-order chi connectivity index (χ0) is 16.7. The molecule has 0 aliphatic heterocycles. The van der Waals surface area contributed by atoms with E-state index in [0.717, 1.165) is 36.0 Å². The molecule has 0 spiro atoms. The van der Waals surface area contributed by atoms with Crippen molar-refractivity contribution in [3.05, 3.63) is 18.0 Å². The molecule has 0 radical (unpaired) electrons. The minimum Gasteiger partial charge on any atom is -0.382 e. The van der Waals surface area contributed by atoms with Crippen molar-refractivity contribution in [3.63, 3.8) is 0 Å². The number of hydrogen-bond donors (Lipinski definition) is 1. The van der Waals surface area contributed by atoms with E-state index in [4.69, 9.17) is 0 Å². The summed E-state index contributed by atoms with van der Waals surface area (Å²) in [7, 11) is 4.19. The summed E-state index contributed by atoms with van der Waals surface area (Å²) < 4.78 is 2.11. The van der Waals surface area contributed by atoms with Gasteiger partial charge in [-0.25, -0.2) is 0 Å². The lowest BCUT2D eigenvalue weighted by Gasteiger charge is -2.11. The van der Waals surface area contributed by atoms with Gasteiger partial charge in [-0.3, -0.25) is 4.79 Å². The molecule has 0 aliphatic rings. The Morgan fingerprint density at radius 2 is 1.95 bits per heavy atom. The van der Waals surface area contributed by atoms with Crippen molar-refractivity contribution in [2.24, 2.45) is 5.92 Å². The Hall–Kier alpha value is -0.940. The molecule has 126 valence electrons. The third-order valence-electron chi connectivity index (χ3n) is 3.29. The molecule has 0 unspecified atom stereocenters. The highest BCUT2D eigenvalue weighted by Crippen LogP contribution is 2.19. The lowest BCUT2D eigenvalue weighted by Crippen LogP contribution is -2.16. The SMILES string of the molecule is CC(C)Nc1cc(C(=O)C(C)C)n(CCSCCN(C)C)c1. The predicted molar refractivity (Wildman–Crippen MR) is 98.2 cm³/mol. The Balaban J connectivity index is 2.69. The topological polar surface area (TPSA) is 37.3 Å². The van der Waals surface area contributed by atoms with Gasteiger partial charge in [0.1, 0.15) is 0 Å². The first kappa shape index (κ1) is 19.1. The van der Waals surface area contributed by atoms with Crippen LogP contribution in [0.1, 0.15) is 38.2 Å². The van der Waals surface area contributed by atoms with Gasteiger partial charge in [-0.15, -0.1) is 0 Å². The van der Waals surface area contributed by atoms with E-state index in [1.165, 1.54) is 0 Å². The summed E-state index contributed by atoms with van der Waals surface area (Å²) in [5.74, 6) is 2.40. The third kappa shape index (κ3) is 6.44. The van der Waals surface area contributed by atoms with E-state index in [9.17, 15) is 4.79 Å². The second kappa shape index (κ2) is 9.26. The summed E-state index contributed by atoms with van der Waals surface area (Å²) in [6.45, 7) is 10.1. The number of carbonyl (C=O) groups is 1. The summed E-state index contributed by atoms with van der Waals surface area (Å²) in [4.78, 5) is 14.6. The molecule has 0 saturated heterocycles. The molecule has 1 N–H and O–H groups in total. The summed E-state index contributed by atoms with van der Waals surface area (Å²) in [5.41, 5.74) is 1.86. The Bertz CT molecular complexity index is 466. The number of ketones is 1. The van der Waals surface area contributed by atoms with Crippen molar-refractivity contribution in [2.45, 2.75) is 40.3 Å². The summed E-state index contributed by atoms with van der Waals surface area (Å²) in [5, 5.41) is 3.39. The quantitative estimate of drug-likeness (QED) is 0.528. The molecule has 1 aromatic rings. The molecule has 1 rings (SSSR count). The molecular weight excluding hydrogens is 294 g/mol. The number of Topliss-reactive ketones (excluding diaryl/α,β-unsaturated/α-hetero) is 1. The second-order valence-corrected chi connectivity index (χ2v) is 7.77. The minimum absolute atomic E-state index is 0.0296. The highest BCUT2D eigenvalue weighted by molar-refractivity contribution is 7.99. The molecular formula is C17H31N3OS.